The van der Waals surface area contributed by atoms with Crippen LogP contribution in [0.25, 0.3) is 21.8 Å². The average Bonchev–Trinajstić information content (AvgIpc) is 3.48. The highest BCUT2D eigenvalue weighted by molar-refractivity contribution is 7.13. The Morgan fingerprint density at radius 2 is 1.91 bits per heavy atom. The van der Waals surface area contributed by atoms with Crippen molar-refractivity contribution in [2.75, 3.05) is 19.5 Å². The lowest BCUT2D eigenvalue weighted by molar-refractivity contribution is 0.0997. The lowest BCUT2D eigenvalue weighted by atomic mass is 9.99. The van der Waals surface area contributed by atoms with Gasteiger partial charge in [0.05, 0.1) is 25.3 Å². The van der Waals surface area contributed by atoms with Crippen LogP contribution in [-0.4, -0.2) is 36.2 Å². The second-order valence-corrected chi connectivity index (χ2v) is 7.40. The minimum atomic E-state index is -0.624. The first-order valence-electron chi connectivity index (χ1n) is 9.35. The number of nitrogens with zero attached hydrogens (tertiary/aromatic N) is 2. The molecule has 0 saturated heterocycles. The van der Waals surface area contributed by atoms with E-state index in [1.165, 1.54) is 25.6 Å². The van der Waals surface area contributed by atoms with Crippen LogP contribution in [-0.2, 0) is 0 Å². The molecule has 0 fully saturated rings. The maximum absolute atomic E-state index is 13.1. The molecule has 0 aliphatic carbocycles. The van der Waals surface area contributed by atoms with Crippen LogP contribution in [0.15, 0.2) is 58.6 Å². The largest absolute Gasteiger partial charge is 0.497 e. The van der Waals surface area contributed by atoms with Gasteiger partial charge in [0.2, 0.25) is 11.8 Å². The number of amides is 2. The Labute approximate surface area is 186 Å². The van der Waals surface area contributed by atoms with Crippen molar-refractivity contribution < 1.29 is 23.6 Å². The van der Waals surface area contributed by atoms with Crippen LogP contribution in [0.2, 0.25) is 0 Å². The molecule has 2 amide bonds. The normalized spacial score (nSPS) is 10.6. The first-order chi connectivity index (χ1) is 15.5. The standard InChI is InChI=1S/C22H18N4O5S/c1-29-12-7-8-15(16(11-12)30-2)20(28)25-21-17(13-5-3-4-6-14(13)19(23)27)18(26-31-21)22-24-9-10-32-22/h3-11H,1-2H3,(H2,23,27)(H,25,28). The summed E-state index contributed by atoms with van der Waals surface area (Å²) in [7, 11) is 2.97. The molecule has 2 heterocycles. The van der Waals surface area contributed by atoms with Crippen molar-refractivity contribution >= 4 is 29.0 Å². The van der Waals surface area contributed by atoms with Crippen LogP contribution < -0.4 is 20.5 Å². The summed E-state index contributed by atoms with van der Waals surface area (Å²) in [6.07, 6.45) is 1.62. The van der Waals surface area contributed by atoms with Gasteiger partial charge in [0.25, 0.3) is 5.91 Å². The summed E-state index contributed by atoms with van der Waals surface area (Å²) in [6, 6.07) is 11.5. The molecule has 4 rings (SSSR count). The fourth-order valence-corrected chi connectivity index (χ4v) is 3.81. The predicted molar refractivity (Wildman–Crippen MR) is 119 cm³/mol. The van der Waals surface area contributed by atoms with E-state index in [2.05, 4.69) is 15.5 Å². The average molecular weight is 450 g/mol. The highest BCUT2D eigenvalue weighted by Gasteiger charge is 2.26. The summed E-state index contributed by atoms with van der Waals surface area (Å²) in [5, 5.41) is 9.18. The number of hydrogen-bond acceptors (Lipinski definition) is 8. The third-order valence-electron chi connectivity index (χ3n) is 4.67. The topological polar surface area (TPSA) is 130 Å². The second kappa shape index (κ2) is 8.90. The number of carbonyl (C=O) groups is 2. The van der Waals surface area contributed by atoms with Crippen molar-refractivity contribution in [2.45, 2.75) is 0 Å². The summed E-state index contributed by atoms with van der Waals surface area (Å²) < 4.78 is 16.0. The van der Waals surface area contributed by atoms with Crippen molar-refractivity contribution in [2.24, 2.45) is 5.73 Å². The molecule has 9 nitrogen and oxygen atoms in total. The third kappa shape index (κ3) is 3.91. The molecule has 3 N–H and O–H groups in total. The minimum absolute atomic E-state index is 0.0479. The van der Waals surface area contributed by atoms with Gasteiger partial charge in [0, 0.05) is 28.8 Å². The zero-order chi connectivity index (χ0) is 22.7. The van der Waals surface area contributed by atoms with E-state index in [1.807, 2.05) is 0 Å². The van der Waals surface area contributed by atoms with E-state index in [1.54, 1.807) is 54.0 Å². The van der Waals surface area contributed by atoms with E-state index in [0.29, 0.717) is 33.3 Å². The van der Waals surface area contributed by atoms with Crippen LogP contribution in [0.5, 0.6) is 11.5 Å². The Kier molecular flexibility index (Phi) is 5.86. The van der Waals surface area contributed by atoms with E-state index in [9.17, 15) is 9.59 Å². The molecule has 32 heavy (non-hydrogen) atoms. The van der Waals surface area contributed by atoms with Crippen LogP contribution in [0.1, 0.15) is 20.7 Å². The number of nitrogens with two attached hydrogens (primary N) is 1. The molecule has 0 radical (unpaired) electrons. The zero-order valence-electron chi connectivity index (χ0n) is 17.1. The zero-order valence-corrected chi connectivity index (χ0v) is 17.9. The minimum Gasteiger partial charge on any atom is -0.497 e. The summed E-state index contributed by atoms with van der Waals surface area (Å²) in [5.74, 6) is -0.210. The monoisotopic (exact) mass is 450 g/mol. The highest BCUT2D eigenvalue weighted by atomic mass is 32.1. The van der Waals surface area contributed by atoms with Gasteiger partial charge in [-0.05, 0) is 18.2 Å². The quantitative estimate of drug-likeness (QED) is 0.438. The van der Waals surface area contributed by atoms with Gasteiger partial charge in [-0.1, -0.05) is 23.4 Å². The van der Waals surface area contributed by atoms with Gasteiger partial charge in [-0.15, -0.1) is 11.3 Å². The van der Waals surface area contributed by atoms with E-state index in [4.69, 9.17) is 19.7 Å². The van der Waals surface area contributed by atoms with Gasteiger partial charge in [-0.25, -0.2) is 4.98 Å². The SMILES string of the molecule is COc1ccc(C(=O)Nc2onc(-c3nccs3)c2-c2ccccc2C(N)=O)c(OC)c1. The number of nitrogens with one attached hydrogen (secondary N) is 1. The fourth-order valence-electron chi connectivity index (χ4n) is 3.18. The van der Waals surface area contributed by atoms with E-state index in [-0.39, 0.29) is 17.0 Å². The van der Waals surface area contributed by atoms with Crippen molar-refractivity contribution in [1.82, 2.24) is 10.1 Å². The van der Waals surface area contributed by atoms with Crippen LogP contribution in [0, 0.1) is 0 Å². The molecule has 0 atom stereocenters. The number of ether oxygens (including phenoxy) is 2. The van der Waals surface area contributed by atoms with Gasteiger partial charge in [0.1, 0.15) is 16.5 Å². The summed E-state index contributed by atoms with van der Waals surface area (Å²) >= 11 is 1.34. The summed E-state index contributed by atoms with van der Waals surface area (Å²) in [4.78, 5) is 29.4. The smallest absolute Gasteiger partial charge is 0.261 e. The summed E-state index contributed by atoms with van der Waals surface area (Å²) in [5.41, 5.74) is 7.33. The molecule has 4 aromatic rings. The molecule has 162 valence electrons. The number of rotatable bonds is 7. The van der Waals surface area contributed by atoms with Gasteiger partial charge < -0.3 is 19.7 Å². The Balaban J connectivity index is 1.81. The molecule has 2 aromatic carbocycles. The molecule has 0 bridgehead atoms. The van der Waals surface area contributed by atoms with E-state index >= 15 is 0 Å². The number of hydrogen-bond donors (Lipinski definition) is 2. The predicted octanol–water partition coefficient (Wildman–Crippen LogP) is 3.83. The number of primary amides is 1. The Morgan fingerprint density at radius 3 is 2.59 bits per heavy atom. The number of methoxy groups -OCH3 is 2. The van der Waals surface area contributed by atoms with E-state index < -0.39 is 11.8 Å². The van der Waals surface area contributed by atoms with Gasteiger partial charge in [-0.3, -0.25) is 14.9 Å². The number of anilines is 1. The van der Waals surface area contributed by atoms with Crippen LogP contribution >= 0.6 is 11.3 Å². The number of benzene rings is 2. The third-order valence-corrected chi connectivity index (χ3v) is 5.45. The summed E-state index contributed by atoms with van der Waals surface area (Å²) in [6.45, 7) is 0. The molecule has 2 aromatic heterocycles. The first kappa shape index (κ1) is 21.1. The lowest BCUT2D eigenvalue weighted by Gasteiger charge is -2.11. The molecule has 0 spiro atoms. The number of thiazole rings is 1. The van der Waals surface area contributed by atoms with Crippen LogP contribution in [0.4, 0.5) is 5.88 Å². The van der Waals surface area contributed by atoms with Crippen LogP contribution in [0.3, 0.4) is 0 Å². The van der Waals surface area contributed by atoms with Crippen molar-refractivity contribution in [1.29, 1.82) is 0 Å². The first-order valence-corrected chi connectivity index (χ1v) is 10.2. The molecule has 0 unspecified atom stereocenters. The maximum atomic E-state index is 13.1. The maximum Gasteiger partial charge on any atom is 0.261 e. The fraction of sp³-hybridized carbons (Fsp3) is 0.0909. The highest BCUT2D eigenvalue weighted by Crippen LogP contribution is 2.40. The Bertz CT molecular complexity index is 1280. The van der Waals surface area contributed by atoms with Gasteiger partial charge >= 0.3 is 0 Å². The molecular formula is C22H18N4O5S. The second-order valence-electron chi connectivity index (χ2n) is 6.50. The van der Waals surface area contributed by atoms with Gasteiger partial charge in [-0.2, -0.15) is 0 Å². The molecule has 0 aliphatic heterocycles. The molecule has 0 saturated carbocycles. The van der Waals surface area contributed by atoms with Crippen molar-refractivity contribution in [3.05, 3.63) is 65.2 Å². The van der Waals surface area contributed by atoms with E-state index in [0.717, 1.165) is 0 Å². The lowest BCUT2D eigenvalue weighted by Crippen LogP contribution is -2.15. The van der Waals surface area contributed by atoms with Gasteiger partial charge in [0.15, 0.2) is 5.69 Å². The van der Waals surface area contributed by atoms with Crippen molar-refractivity contribution in [3.8, 4) is 33.3 Å². The van der Waals surface area contributed by atoms with Crippen molar-refractivity contribution in [3.63, 3.8) is 0 Å². The molecule has 0 aliphatic rings. The molecular weight excluding hydrogens is 432 g/mol. The Morgan fingerprint density at radius 1 is 1.09 bits per heavy atom. The number of carbonyl (C=O) groups excluding carboxylic acids is 2. The Hall–Kier alpha value is -4.18. The number of aromatic nitrogens is 2. The molecule has 10 heteroatoms.